The summed E-state index contributed by atoms with van der Waals surface area (Å²) in [6, 6.07) is 3.41. The number of carboxylic acid groups (broad SMARTS) is 1. The van der Waals surface area contributed by atoms with Crippen LogP contribution in [0.3, 0.4) is 0 Å². The van der Waals surface area contributed by atoms with E-state index in [-0.39, 0.29) is 0 Å². The second-order valence-electron chi connectivity index (χ2n) is 3.16. The number of halogens is 1. The molecule has 1 aromatic rings. The molecule has 0 spiro atoms. The standard InChI is InChI=1S/C10H12ClNO2/c1-6-7(2)9(5-4-8(6)11)12(3)10(13)14/h4-5H,1-3H3,(H,13,14). The molecule has 0 saturated heterocycles. The van der Waals surface area contributed by atoms with Crippen molar-refractivity contribution in [3.05, 3.63) is 28.3 Å². The second kappa shape index (κ2) is 3.88. The molecule has 1 N–H and O–H groups in total. The Morgan fingerprint density at radius 2 is 1.93 bits per heavy atom. The maximum absolute atomic E-state index is 10.7. The molecule has 3 nitrogen and oxygen atoms in total. The molecule has 0 aliphatic carbocycles. The molecule has 0 heterocycles. The Morgan fingerprint density at radius 1 is 1.36 bits per heavy atom. The highest BCUT2D eigenvalue weighted by Gasteiger charge is 2.13. The van der Waals surface area contributed by atoms with Crippen molar-refractivity contribution < 1.29 is 9.90 Å². The zero-order valence-electron chi connectivity index (χ0n) is 8.34. The van der Waals surface area contributed by atoms with Gasteiger partial charge in [-0.2, -0.15) is 0 Å². The molecular weight excluding hydrogens is 202 g/mol. The van der Waals surface area contributed by atoms with Crippen LogP contribution in [0, 0.1) is 13.8 Å². The minimum Gasteiger partial charge on any atom is -0.465 e. The maximum atomic E-state index is 10.7. The number of benzene rings is 1. The summed E-state index contributed by atoms with van der Waals surface area (Å²) >= 11 is 5.90. The van der Waals surface area contributed by atoms with Gasteiger partial charge in [0.2, 0.25) is 0 Å². The van der Waals surface area contributed by atoms with Gasteiger partial charge in [-0.1, -0.05) is 11.6 Å². The predicted octanol–water partition coefficient (Wildman–Crippen LogP) is 3.07. The van der Waals surface area contributed by atoms with Crippen molar-refractivity contribution in [3.8, 4) is 0 Å². The van der Waals surface area contributed by atoms with Gasteiger partial charge in [-0.25, -0.2) is 4.79 Å². The average molecular weight is 214 g/mol. The van der Waals surface area contributed by atoms with Crippen molar-refractivity contribution in [2.75, 3.05) is 11.9 Å². The van der Waals surface area contributed by atoms with E-state index in [1.165, 1.54) is 11.9 Å². The molecule has 1 amide bonds. The van der Waals surface area contributed by atoms with Gasteiger partial charge in [-0.3, -0.25) is 4.90 Å². The van der Waals surface area contributed by atoms with Crippen molar-refractivity contribution in [2.24, 2.45) is 0 Å². The molecule has 76 valence electrons. The molecule has 0 bridgehead atoms. The highest BCUT2D eigenvalue weighted by Crippen LogP contribution is 2.27. The number of hydrogen-bond acceptors (Lipinski definition) is 1. The van der Waals surface area contributed by atoms with Gasteiger partial charge >= 0.3 is 6.09 Å². The fourth-order valence-corrected chi connectivity index (χ4v) is 1.44. The van der Waals surface area contributed by atoms with Crippen LogP contribution in [0.15, 0.2) is 12.1 Å². The Balaban J connectivity index is 3.24. The van der Waals surface area contributed by atoms with E-state index in [1.54, 1.807) is 12.1 Å². The summed E-state index contributed by atoms with van der Waals surface area (Å²) in [5, 5.41) is 9.47. The van der Waals surface area contributed by atoms with E-state index in [9.17, 15) is 4.79 Å². The van der Waals surface area contributed by atoms with Crippen LogP contribution in [0.5, 0.6) is 0 Å². The smallest absolute Gasteiger partial charge is 0.411 e. The first-order valence-electron chi connectivity index (χ1n) is 4.17. The summed E-state index contributed by atoms with van der Waals surface area (Å²) in [4.78, 5) is 11.9. The number of hydrogen-bond donors (Lipinski definition) is 1. The number of rotatable bonds is 1. The summed E-state index contributed by atoms with van der Waals surface area (Å²) < 4.78 is 0. The molecule has 14 heavy (non-hydrogen) atoms. The normalized spacial score (nSPS) is 10.0. The van der Waals surface area contributed by atoms with Gasteiger partial charge in [0.15, 0.2) is 0 Å². The van der Waals surface area contributed by atoms with Gasteiger partial charge in [0.05, 0.1) is 0 Å². The predicted molar refractivity (Wildman–Crippen MR) is 57.4 cm³/mol. The lowest BCUT2D eigenvalue weighted by molar-refractivity contribution is 0.203. The third-order valence-electron chi connectivity index (χ3n) is 2.34. The van der Waals surface area contributed by atoms with E-state index in [1.807, 2.05) is 13.8 Å². The first-order valence-corrected chi connectivity index (χ1v) is 4.55. The van der Waals surface area contributed by atoms with Crippen LogP contribution in [0.1, 0.15) is 11.1 Å². The molecule has 4 heteroatoms. The fraction of sp³-hybridized carbons (Fsp3) is 0.300. The summed E-state index contributed by atoms with van der Waals surface area (Å²) in [6.45, 7) is 3.73. The molecule has 0 saturated carbocycles. The zero-order valence-corrected chi connectivity index (χ0v) is 9.09. The Bertz CT molecular complexity index is 377. The summed E-state index contributed by atoms with van der Waals surface area (Å²) in [6.07, 6.45) is -0.977. The minimum atomic E-state index is -0.977. The summed E-state index contributed by atoms with van der Waals surface area (Å²) in [5.74, 6) is 0. The van der Waals surface area contributed by atoms with Gasteiger partial charge in [0, 0.05) is 17.8 Å². The monoisotopic (exact) mass is 213 g/mol. The summed E-state index contributed by atoms with van der Waals surface area (Å²) in [7, 11) is 1.51. The first-order chi connectivity index (χ1) is 6.45. The Kier molecular flexibility index (Phi) is 3.01. The SMILES string of the molecule is Cc1c(Cl)ccc(N(C)C(=O)O)c1C. The number of carbonyl (C=O) groups is 1. The van der Waals surface area contributed by atoms with Crippen molar-refractivity contribution in [2.45, 2.75) is 13.8 Å². The molecule has 0 fully saturated rings. The van der Waals surface area contributed by atoms with Gasteiger partial charge < -0.3 is 5.11 Å². The maximum Gasteiger partial charge on any atom is 0.411 e. The van der Waals surface area contributed by atoms with Crippen LogP contribution in [0.4, 0.5) is 10.5 Å². The van der Waals surface area contributed by atoms with Crippen molar-refractivity contribution in [1.82, 2.24) is 0 Å². The molecule has 1 aromatic carbocycles. The lowest BCUT2D eigenvalue weighted by Crippen LogP contribution is -2.24. The van der Waals surface area contributed by atoms with Crippen LogP contribution < -0.4 is 4.90 Å². The lowest BCUT2D eigenvalue weighted by Gasteiger charge is -2.17. The highest BCUT2D eigenvalue weighted by atomic mass is 35.5. The molecule has 0 unspecified atom stereocenters. The van der Waals surface area contributed by atoms with E-state index in [4.69, 9.17) is 16.7 Å². The quantitative estimate of drug-likeness (QED) is 0.779. The molecular formula is C10H12ClNO2. The van der Waals surface area contributed by atoms with Crippen molar-refractivity contribution in [1.29, 1.82) is 0 Å². The van der Waals surface area contributed by atoms with Gasteiger partial charge in [-0.15, -0.1) is 0 Å². The molecule has 0 radical (unpaired) electrons. The van der Waals surface area contributed by atoms with Gasteiger partial charge in [-0.05, 0) is 37.1 Å². The zero-order chi connectivity index (χ0) is 10.9. The fourth-order valence-electron chi connectivity index (χ4n) is 1.24. The van der Waals surface area contributed by atoms with Crippen LogP contribution >= 0.6 is 11.6 Å². The Hall–Kier alpha value is -1.22. The van der Waals surface area contributed by atoms with E-state index in [0.29, 0.717) is 10.7 Å². The van der Waals surface area contributed by atoms with Crippen LogP contribution in [0.25, 0.3) is 0 Å². The summed E-state index contributed by atoms with van der Waals surface area (Å²) in [5.41, 5.74) is 2.47. The van der Waals surface area contributed by atoms with E-state index in [0.717, 1.165) is 11.1 Å². The topological polar surface area (TPSA) is 40.5 Å². The third-order valence-corrected chi connectivity index (χ3v) is 2.75. The van der Waals surface area contributed by atoms with E-state index < -0.39 is 6.09 Å². The lowest BCUT2D eigenvalue weighted by atomic mass is 10.1. The van der Waals surface area contributed by atoms with E-state index >= 15 is 0 Å². The molecule has 0 aromatic heterocycles. The van der Waals surface area contributed by atoms with Crippen LogP contribution in [0.2, 0.25) is 5.02 Å². The second-order valence-corrected chi connectivity index (χ2v) is 3.57. The third kappa shape index (κ3) is 1.82. The van der Waals surface area contributed by atoms with Gasteiger partial charge in [0.25, 0.3) is 0 Å². The Morgan fingerprint density at radius 3 is 2.43 bits per heavy atom. The van der Waals surface area contributed by atoms with Crippen molar-refractivity contribution in [3.63, 3.8) is 0 Å². The average Bonchev–Trinajstić information content (AvgIpc) is 2.13. The van der Waals surface area contributed by atoms with Crippen LogP contribution in [-0.4, -0.2) is 18.2 Å². The molecule has 0 atom stereocenters. The molecule has 1 rings (SSSR count). The number of nitrogens with zero attached hydrogens (tertiary/aromatic N) is 1. The van der Waals surface area contributed by atoms with E-state index in [2.05, 4.69) is 0 Å². The Labute approximate surface area is 87.9 Å². The number of anilines is 1. The molecule has 0 aliphatic rings. The van der Waals surface area contributed by atoms with Crippen LogP contribution in [-0.2, 0) is 0 Å². The molecule has 0 aliphatic heterocycles. The first kappa shape index (κ1) is 10.9. The highest BCUT2D eigenvalue weighted by molar-refractivity contribution is 6.31. The van der Waals surface area contributed by atoms with Crippen molar-refractivity contribution >= 4 is 23.4 Å². The minimum absolute atomic E-state index is 0.657. The van der Waals surface area contributed by atoms with Gasteiger partial charge in [0.1, 0.15) is 0 Å². The largest absolute Gasteiger partial charge is 0.465 e. The number of amides is 1.